The van der Waals surface area contributed by atoms with E-state index in [1.165, 1.54) is 0 Å². The maximum atomic E-state index is 11.0. The Morgan fingerprint density at radius 2 is 1.33 bits per heavy atom. The summed E-state index contributed by atoms with van der Waals surface area (Å²) in [5.74, 6) is 0.181. The minimum absolute atomic E-state index is 0. The number of phenols is 1. The summed E-state index contributed by atoms with van der Waals surface area (Å²) in [6.45, 7) is 11.6. The summed E-state index contributed by atoms with van der Waals surface area (Å²) in [4.78, 5) is 22.0. The van der Waals surface area contributed by atoms with E-state index in [1.807, 2.05) is 41.5 Å². The lowest BCUT2D eigenvalue weighted by atomic mass is 9.78. The molecule has 0 fully saturated rings. The zero-order valence-electron chi connectivity index (χ0n) is 13.0. The molecule has 0 aliphatic heterocycles. The average Bonchev–Trinajstić information content (AvgIpc) is 2.14. The second kappa shape index (κ2) is 6.12. The van der Waals surface area contributed by atoms with Crippen LogP contribution in [0.1, 0.15) is 65.7 Å². The number of hydrogen-bond acceptors (Lipinski definition) is 4. The third kappa shape index (κ3) is 5.46. The second-order valence-electron chi connectivity index (χ2n) is 7.31. The first-order valence-electron chi connectivity index (χ1n) is 6.60. The van der Waals surface area contributed by atoms with Crippen LogP contribution in [-0.4, -0.2) is 5.11 Å². The molecule has 1 aromatic rings. The van der Waals surface area contributed by atoms with Crippen molar-refractivity contribution in [1.29, 1.82) is 0 Å². The van der Waals surface area contributed by atoms with Crippen LogP contribution in [-0.2, 0) is 21.6 Å². The van der Waals surface area contributed by atoms with Gasteiger partial charge in [-0.3, -0.25) is 0 Å². The van der Waals surface area contributed by atoms with Gasteiger partial charge in [0.25, 0.3) is 0 Å². The van der Waals surface area contributed by atoms with Crippen molar-refractivity contribution in [2.75, 3.05) is 0 Å². The quantitative estimate of drug-likeness (QED) is 0.850. The Hall–Kier alpha value is -0.830. The van der Waals surface area contributed by atoms with Crippen molar-refractivity contribution in [3.05, 3.63) is 28.8 Å². The molecule has 21 heavy (non-hydrogen) atoms. The Morgan fingerprint density at radius 1 is 1.00 bits per heavy atom. The lowest BCUT2D eigenvalue weighted by molar-refractivity contribution is -0.314. The number of benzene rings is 1. The lowest BCUT2D eigenvalue weighted by Crippen LogP contribution is -2.20. The van der Waals surface area contributed by atoms with Crippen LogP contribution < -0.4 is 9.79 Å². The molecule has 0 saturated carbocycles. The summed E-state index contributed by atoms with van der Waals surface area (Å²) >= 11 is 0. The van der Waals surface area contributed by atoms with E-state index >= 15 is 0 Å². The molecule has 0 aliphatic rings. The molecule has 0 unspecified atom stereocenters. The van der Waals surface area contributed by atoms with Gasteiger partial charge in [-0.1, -0.05) is 68.7 Å². The molecule has 0 aromatic heterocycles. The smallest absolute Gasteiger partial charge is 0.123 e. The van der Waals surface area contributed by atoms with Crippen LogP contribution in [0.25, 0.3) is 0 Å². The average molecular weight is 314 g/mol. The van der Waals surface area contributed by atoms with Crippen molar-refractivity contribution in [3.63, 3.8) is 0 Å². The Bertz CT molecular complexity index is 509. The molecule has 1 rings (SSSR count). The van der Waals surface area contributed by atoms with Crippen molar-refractivity contribution in [3.8, 4) is 5.75 Å². The molecule has 0 radical (unpaired) electrons. The first kappa shape index (κ1) is 20.2. The van der Waals surface area contributed by atoms with Gasteiger partial charge in [-0.05, 0) is 27.5 Å². The van der Waals surface area contributed by atoms with Gasteiger partial charge in [-0.25, -0.2) is 0 Å². The van der Waals surface area contributed by atoms with Crippen LogP contribution in [0.3, 0.4) is 0 Å². The van der Waals surface area contributed by atoms with Crippen molar-refractivity contribution in [2.24, 2.45) is 0 Å². The van der Waals surface area contributed by atoms with Gasteiger partial charge in [0.05, 0.1) is 0 Å². The Balaban J connectivity index is 0.00000400. The minimum Gasteiger partial charge on any atom is -0.810 e. The van der Waals surface area contributed by atoms with Gasteiger partial charge in [0.2, 0.25) is 0 Å². The maximum absolute atomic E-state index is 11.0. The molecule has 0 saturated heterocycles. The molecule has 122 valence electrons. The highest BCUT2D eigenvalue weighted by Gasteiger charge is 2.26. The molecule has 4 nitrogen and oxygen atoms in total. The highest BCUT2D eigenvalue weighted by atomic mass is 31.2. The fourth-order valence-electron chi connectivity index (χ4n) is 2.15. The molecule has 0 heterocycles. The molecule has 0 amide bonds. The van der Waals surface area contributed by atoms with E-state index in [-0.39, 0.29) is 24.0 Å². The van der Waals surface area contributed by atoms with Crippen molar-refractivity contribution >= 4 is 7.60 Å². The molecular formula is C16H27O4P-2. The second-order valence-corrected chi connectivity index (χ2v) is 8.85. The molecule has 1 N–H and O–H groups in total. The molecular weight excluding hydrogens is 287 g/mol. The van der Waals surface area contributed by atoms with Crippen LogP contribution >= 0.6 is 7.60 Å². The summed E-state index contributed by atoms with van der Waals surface area (Å²) in [5, 5.41) is 10.5. The fraction of sp³-hybridized carbons (Fsp3) is 0.625. The predicted octanol–water partition coefficient (Wildman–Crippen LogP) is 3.04. The highest BCUT2D eigenvalue weighted by Crippen LogP contribution is 2.41. The van der Waals surface area contributed by atoms with E-state index in [0.29, 0.717) is 16.7 Å². The Morgan fingerprint density at radius 3 is 1.57 bits per heavy atom. The van der Waals surface area contributed by atoms with Crippen LogP contribution in [0.4, 0.5) is 0 Å². The first-order valence-corrected chi connectivity index (χ1v) is 8.32. The first-order chi connectivity index (χ1) is 8.72. The normalized spacial score (nSPS) is 13.0. The molecule has 0 atom stereocenters. The van der Waals surface area contributed by atoms with Gasteiger partial charge in [0.15, 0.2) is 0 Å². The number of aromatic hydroxyl groups is 1. The van der Waals surface area contributed by atoms with Gasteiger partial charge < -0.3 is 19.5 Å². The Kier molecular flexibility index (Phi) is 5.87. The number of phenolic OH excluding ortho intramolecular Hbond substituents is 1. The predicted molar refractivity (Wildman–Crippen MR) is 83.5 cm³/mol. The molecule has 0 bridgehead atoms. The molecule has 1 aromatic carbocycles. The van der Waals surface area contributed by atoms with Gasteiger partial charge >= 0.3 is 0 Å². The fourth-order valence-corrected chi connectivity index (χ4v) is 2.78. The summed E-state index contributed by atoms with van der Waals surface area (Å²) in [6, 6.07) is 3.24. The number of rotatable bonds is 2. The van der Waals surface area contributed by atoms with E-state index in [4.69, 9.17) is 0 Å². The zero-order chi connectivity index (χ0) is 15.9. The van der Waals surface area contributed by atoms with Gasteiger partial charge in [0, 0.05) is 6.16 Å². The zero-order valence-corrected chi connectivity index (χ0v) is 13.9. The van der Waals surface area contributed by atoms with Crippen LogP contribution in [0.2, 0.25) is 0 Å². The van der Waals surface area contributed by atoms with Crippen molar-refractivity contribution in [2.45, 2.75) is 66.0 Å². The van der Waals surface area contributed by atoms with Crippen LogP contribution in [0, 0.1) is 0 Å². The van der Waals surface area contributed by atoms with Gasteiger partial charge in [0.1, 0.15) is 5.75 Å². The molecule has 0 spiro atoms. The largest absolute Gasteiger partial charge is 0.810 e. The van der Waals surface area contributed by atoms with E-state index in [1.54, 1.807) is 12.1 Å². The standard InChI is InChI=1S/C15H25O4P.CH4/c1-14(2,3)11-7-10(9-20(17,18)19)8-12(13(11)16)15(4,5)6;/h7-8,16H,9H2,1-6H3,(H2,17,18,19);1H4/p-2. The SMILES string of the molecule is C.CC(C)(C)c1cc(CP(=O)([O-])[O-])cc(C(C)(C)C)c1O. The number of hydrogen-bond donors (Lipinski definition) is 1. The summed E-state index contributed by atoms with van der Waals surface area (Å²) < 4.78 is 11.0. The third-order valence-corrected chi connectivity index (χ3v) is 3.91. The minimum atomic E-state index is -4.63. The highest BCUT2D eigenvalue weighted by molar-refractivity contribution is 7.47. The van der Waals surface area contributed by atoms with Crippen molar-refractivity contribution < 1.29 is 19.5 Å². The van der Waals surface area contributed by atoms with E-state index < -0.39 is 13.8 Å². The van der Waals surface area contributed by atoms with E-state index in [0.717, 1.165) is 0 Å². The van der Waals surface area contributed by atoms with Crippen LogP contribution in [0.5, 0.6) is 5.75 Å². The summed E-state index contributed by atoms with van der Waals surface area (Å²) in [5.41, 5.74) is 1.08. The van der Waals surface area contributed by atoms with Gasteiger partial charge in [-0.15, -0.1) is 0 Å². The van der Waals surface area contributed by atoms with Gasteiger partial charge in [-0.2, -0.15) is 0 Å². The monoisotopic (exact) mass is 314 g/mol. The topological polar surface area (TPSA) is 83.4 Å². The van der Waals surface area contributed by atoms with E-state index in [9.17, 15) is 19.5 Å². The van der Waals surface area contributed by atoms with E-state index in [2.05, 4.69) is 0 Å². The van der Waals surface area contributed by atoms with Crippen molar-refractivity contribution in [1.82, 2.24) is 0 Å². The summed E-state index contributed by atoms with van der Waals surface area (Å²) in [6.07, 6.45) is -0.528. The molecule has 5 heteroatoms. The summed E-state index contributed by atoms with van der Waals surface area (Å²) in [7, 11) is -4.63. The maximum Gasteiger partial charge on any atom is 0.123 e. The lowest BCUT2D eigenvalue weighted by Gasteiger charge is -2.32. The molecule has 0 aliphatic carbocycles. The van der Waals surface area contributed by atoms with Crippen LogP contribution in [0.15, 0.2) is 12.1 Å². The third-order valence-electron chi connectivity index (χ3n) is 3.16. The Labute approximate surface area is 128 Å².